The zero-order valence-corrected chi connectivity index (χ0v) is 16.5. The summed E-state index contributed by atoms with van der Waals surface area (Å²) in [6, 6.07) is 11.3. The number of pyridine rings is 1. The van der Waals surface area contributed by atoms with E-state index in [4.69, 9.17) is 0 Å². The molecule has 4 heterocycles. The number of thiazole rings is 1. The summed E-state index contributed by atoms with van der Waals surface area (Å²) >= 11 is 1.20. The van der Waals surface area contributed by atoms with E-state index in [1.54, 1.807) is 23.4 Å². The number of carbonyl (C=O) groups is 1. The second-order valence-corrected chi connectivity index (χ2v) is 7.79. The van der Waals surface area contributed by atoms with Gasteiger partial charge in [0.1, 0.15) is 4.53 Å². The minimum absolute atomic E-state index is 0.131. The molecule has 0 N–H and O–H groups in total. The number of hydrogen-bond donors (Lipinski definition) is 0. The van der Waals surface area contributed by atoms with E-state index < -0.39 is 0 Å². The van der Waals surface area contributed by atoms with E-state index in [-0.39, 0.29) is 11.5 Å². The average Bonchev–Trinajstić information content (AvgIpc) is 3.38. The number of rotatable bonds is 4. The van der Waals surface area contributed by atoms with Crippen LogP contribution in [0.3, 0.4) is 0 Å². The van der Waals surface area contributed by atoms with Gasteiger partial charge in [-0.25, -0.2) is 0 Å². The minimum Gasteiger partial charge on any atom is -0.308 e. The predicted octanol–water partition coefficient (Wildman–Crippen LogP) is 2.28. The van der Waals surface area contributed by atoms with E-state index in [9.17, 15) is 9.59 Å². The molecule has 1 aromatic carbocycles. The van der Waals surface area contributed by atoms with Crippen molar-refractivity contribution in [1.82, 2.24) is 19.6 Å². The van der Waals surface area contributed by atoms with Crippen LogP contribution in [0.25, 0.3) is 21.9 Å². The van der Waals surface area contributed by atoms with E-state index in [2.05, 4.69) is 22.0 Å². The van der Waals surface area contributed by atoms with Gasteiger partial charge in [-0.1, -0.05) is 42.9 Å². The highest BCUT2D eigenvalue weighted by Gasteiger charge is 2.33. The molecule has 0 fully saturated rings. The topological polar surface area (TPSA) is 80.5 Å². The number of unbranched alkanes of at least 4 members (excludes halogenated alkanes) is 1. The number of anilines is 1. The zero-order valence-electron chi connectivity index (χ0n) is 15.7. The molecule has 0 spiro atoms. The number of amides is 1. The molecule has 5 rings (SSSR count). The molecule has 1 aliphatic heterocycles. The first kappa shape index (κ1) is 17.7. The van der Waals surface area contributed by atoms with Crippen molar-refractivity contribution in [3.63, 3.8) is 0 Å². The van der Waals surface area contributed by atoms with E-state index in [0.717, 1.165) is 29.7 Å². The molecule has 8 heteroatoms. The van der Waals surface area contributed by atoms with Gasteiger partial charge in [0.15, 0.2) is 5.82 Å². The van der Waals surface area contributed by atoms with Crippen LogP contribution < -0.4 is 15.0 Å². The molecule has 0 atom stereocenters. The number of benzene rings is 1. The van der Waals surface area contributed by atoms with E-state index >= 15 is 0 Å². The Bertz CT molecular complexity index is 1340. The van der Waals surface area contributed by atoms with Crippen molar-refractivity contribution < 1.29 is 4.79 Å². The third kappa shape index (κ3) is 2.75. The van der Waals surface area contributed by atoms with Gasteiger partial charge in [0.25, 0.3) is 11.5 Å². The average molecular weight is 403 g/mol. The Hall–Kier alpha value is -3.39. The van der Waals surface area contributed by atoms with Crippen LogP contribution in [0.4, 0.5) is 5.69 Å². The maximum absolute atomic E-state index is 13.2. The Morgan fingerprint density at radius 3 is 2.72 bits per heavy atom. The second kappa shape index (κ2) is 6.89. The van der Waals surface area contributed by atoms with Crippen molar-refractivity contribution >= 4 is 33.5 Å². The summed E-state index contributed by atoms with van der Waals surface area (Å²) in [5, 5.41) is 4.35. The van der Waals surface area contributed by atoms with E-state index in [1.165, 1.54) is 15.9 Å². The Kier molecular flexibility index (Phi) is 4.21. The van der Waals surface area contributed by atoms with Gasteiger partial charge >= 0.3 is 0 Å². The molecule has 4 aromatic rings. The maximum atomic E-state index is 13.2. The second-order valence-electron chi connectivity index (χ2n) is 6.81. The maximum Gasteiger partial charge on any atom is 0.291 e. The normalized spacial score (nSPS) is 15.3. The van der Waals surface area contributed by atoms with Crippen molar-refractivity contribution in [3.05, 3.63) is 69.2 Å². The molecule has 0 saturated heterocycles. The number of nitrogens with zero attached hydrogens (tertiary/aromatic N) is 5. The largest absolute Gasteiger partial charge is 0.308 e. The fraction of sp³-hybridized carbons (Fsp3) is 0.190. The lowest BCUT2D eigenvalue weighted by atomic mass is 10.1. The van der Waals surface area contributed by atoms with Gasteiger partial charge in [0, 0.05) is 30.1 Å². The smallest absolute Gasteiger partial charge is 0.291 e. The number of carbonyl (C=O) groups excluding carboxylic acids is 1. The third-order valence-corrected chi connectivity index (χ3v) is 5.99. The highest BCUT2D eigenvalue weighted by atomic mass is 32.1. The third-order valence-electron chi connectivity index (χ3n) is 4.96. The summed E-state index contributed by atoms with van der Waals surface area (Å²) in [4.78, 5) is 37.1. The molecule has 7 nitrogen and oxygen atoms in total. The number of fused-ring (bicyclic) bond motifs is 2. The molecule has 1 amide bonds. The molecule has 3 aromatic heterocycles. The Balaban J connectivity index is 1.70. The van der Waals surface area contributed by atoms with E-state index in [0.29, 0.717) is 27.4 Å². The molecular formula is C21H17N5O2S. The van der Waals surface area contributed by atoms with Crippen LogP contribution >= 0.6 is 11.3 Å². The minimum atomic E-state index is -0.317. The highest BCUT2D eigenvalue weighted by Crippen LogP contribution is 2.35. The first-order valence-corrected chi connectivity index (χ1v) is 10.3. The van der Waals surface area contributed by atoms with Gasteiger partial charge in [-0.15, -0.1) is 5.10 Å². The standard InChI is InChI=1S/C21H17N5O2S/c1-2-3-11-25-15-9-5-4-8-14(15)16(19(25)27)17-20(28)26-21(29-17)23-18(24-26)13-7-6-10-22-12-13/h4-10,12H,2-3,11H2,1H3. The monoisotopic (exact) mass is 403 g/mol. The van der Waals surface area contributed by atoms with Crippen molar-refractivity contribution in [1.29, 1.82) is 0 Å². The zero-order chi connectivity index (χ0) is 20.0. The summed E-state index contributed by atoms with van der Waals surface area (Å²) in [5.74, 6) is 0.314. The summed E-state index contributed by atoms with van der Waals surface area (Å²) in [5.41, 5.74) is 2.52. The van der Waals surface area contributed by atoms with Gasteiger partial charge in [-0.3, -0.25) is 14.6 Å². The van der Waals surface area contributed by atoms with Crippen LogP contribution in [0, 0.1) is 0 Å². The fourth-order valence-corrected chi connectivity index (χ4v) is 4.54. The van der Waals surface area contributed by atoms with Crippen LogP contribution in [-0.4, -0.2) is 32.0 Å². The van der Waals surface area contributed by atoms with Crippen molar-refractivity contribution in [2.24, 2.45) is 0 Å². The predicted molar refractivity (Wildman–Crippen MR) is 112 cm³/mol. The van der Waals surface area contributed by atoms with Crippen LogP contribution in [0.1, 0.15) is 25.3 Å². The Morgan fingerprint density at radius 2 is 1.97 bits per heavy atom. The summed E-state index contributed by atoms with van der Waals surface area (Å²) in [7, 11) is 0. The highest BCUT2D eigenvalue weighted by molar-refractivity contribution is 7.15. The summed E-state index contributed by atoms with van der Waals surface area (Å²) in [6.07, 6.45) is 5.22. The van der Waals surface area contributed by atoms with Gasteiger partial charge in [-0.05, 0) is 24.6 Å². The lowest BCUT2D eigenvalue weighted by Gasteiger charge is -2.16. The van der Waals surface area contributed by atoms with Gasteiger partial charge in [-0.2, -0.15) is 9.50 Å². The van der Waals surface area contributed by atoms with Gasteiger partial charge < -0.3 is 4.90 Å². The molecular weight excluding hydrogens is 386 g/mol. The van der Waals surface area contributed by atoms with Crippen molar-refractivity contribution in [2.45, 2.75) is 19.8 Å². The summed E-state index contributed by atoms with van der Waals surface area (Å²) < 4.78 is 1.66. The van der Waals surface area contributed by atoms with Crippen LogP contribution in [0.15, 0.2) is 53.6 Å². The molecule has 0 aliphatic carbocycles. The number of hydrogen-bond acceptors (Lipinski definition) is 6. The van der Waals surface area contributed by atoms with Gasteiger partial charge in [0.2, 0.25) is 4.96 Å². The molecule has 0 radical (unpaired) electrons. The van der Waals surface area contributed by atoms with Crippen molar-refractivity contribution in [3.8, 4) is 11.4 Å². The molecule has 0 saturated carbocycles. The SMILES string of the molecule is CCCCN1C(=O)C(=c2sc3nc(-c4cccnc4)nn3c2=O)c2ccccc21. The number of aromatic nitrogens is 4. The van der Waals surface area contributed by atoms with Crippen molar-refractivity contribution in [2.75, 3.05) is 11.4 Å². The van der Waals surface area contributed by atoms with Gasteiger partial charge in [0.05, 0.1) is 11.3 Å². The van der Waals surface area contributed by atoms with Crippen LogP contribution in [0.2, 0.25) is 0 Å². The van der Waals surface area contributed by atoms with E-state index in [1.807, 2.05) is 30.3 Å². The molecule has 0 unspecified atom stereocenters. The lowest BCUT2D eigenvalue weighted by Crippen LogP contribution is -2.33. The number of para-hydroxylation sites is 1. The first-order chi connectivity index (χ1) is 14.2. The first-order valence-electron chi connectivity index (χ1n) is 9.44. The van der Waals surface area contributed by atoms with Crippen LogP contribution in [-0.2, 0) is 4.79 Å². The fourth-order valence-electron chi connectivity index (χ4n) is 3.54. The quantitative estimate of drug-likeness (QED) is 0.522. The molecule has 144 valence electrons. The lowest BCUT2D eigenvalue weighted by molar-refractivity contribution is -0.113. The molecule has 29 heavy (non-hydrogen) atoms. The molecule has 1 aliphatic rings. The Labute approximate surface area is 170 Å². The Morgan fingerprint density at radius 1 is 1.10 bits per heavy atom. The molecule has 0 bridgehead atoms. The summed E-state index contributed by atoms with van der Waals surface area (Å²) in [6.45, 7) is 2.72. The van der Waals surface area contributed by atoms with Crippen LogP contribution in [0.5, 0.6) is 0 Å².